The zero-order valence-electron chi connectivity index (χ0n) is 12.2. The fourth-order valence-electron chi connectivity index (χ4n) is 1.58. The Labute approximate surface area is 130 Å². The molecule has 22 heavy (non-hydrogen) atoms. The van der Waals surface area contributed by atoms with Crippen molar-refractivity contribution in [2.45, 2.75) is 0 Å². The van der Waals surface area contributed by atoms with E-state index in [9.17, 15) is 9.59 Å². The number of esters is 2. The molecule has 0 aliphatic rings. The monoisotopic (exact) mass is 298 g/mol. The Bertz CT molecular complexity index is 525. The van der Waals surface area contributed by atoms with Crippen molar-refractivity contribution >= 4 is 11.9 Å². The first-order valence-corrected chi connectivity index (χ1v) is 6.72. The molecule has 0 amide bonds. The van der Waals surface area contributed by atoms with Gasteiger partial charge in [-0.25, -0.2) is 9.59 Å². The zero-order valence-corrected chi connectivity index (χ0v) is 12.2. The molecular weight excluding hydrogens is 280 g/mol. The molecule has 0 aromatic heterocycles. The van der Waals surface area contributed by atoms with Gasteiger partial charge in [0.2, 0.25) is 0 Å². The van der Waals surface area contributed by atoms with Crippen LogP contribution in [-0.4, -0.2) is 25.2 Å². The van der Waals surface area contributed by atoms with Crippen LogP contribution in [0.15, 0.2) is 73.8 Å². The minimum Gasteiger partial charge on any atom is -0.458 e. The van der Waals surface area contributed by atoms with Crippen LogP contribution in [0, 0.1) is 0 Å². The molecule has 0 heterocycles. The van der Waals surface area contributed by atoms with Gasteiger partial charge in [0.15, 0.2) is 0 Å². The van der Waals surface area contributed by atoms with Crippen molar-refractivity contribution in [3.8, 4) is 0 Å². The van der Waals surface area contributed by atoms with Gasteiger partial charge >= 0.3 is 11.9 Å². The van der Waals surface area contributed by atoms with Gasteiger partial charge in [0, 0.05) is 0 Å². The van der Waals surface area contributed by atoms with Crippen LogP contribution >= 0.6 is 0 Å². The maximum absolute atomic E-state index is 11.6. The number of ether oxygens (including phenoxy) is 2. The van der Waals surface area contributed by atoms with E-state index in [0.29, 0.717) is 11.1 Å². The average molecular weight is 298 g/mol. The fourth-order valence-corrected chi connectivity index (χ4v) is 1.58. The van der Waals surface area contributed by atoms with Gasteiger partial charge in [-0.3, -0.25) is 0 Å². The molecule has 0 saturated heterocycles. The lowest BCUT2D eigenvalue weighted by atomic mass is 10.2. The van der Waals surface area contributed by atoms with Crippen molar-refractivity contribution in [2.24, 2.45) is 0 Å². The molecule has 0 aliphatic heterocycles. The van der Waals surface area contributed by atoms with Gasteiger partial charge in [-0.15, -0.1) is 13.2 Å². The maximum atomic E-state index is 11.6. The van der Waals surface area contributed by atoms with Crippen molar-refractivity contribution in [1.82, 2.24) is 0 Å². The SMILES string of the molecule is C=C.O=C(OCCOC(=O)c1ccccc1)c1ccccc1. The fraction of sp³-hybridized carbons (Fsp3) is 0.111. The van der Waals surface area contributed by atoms with Crippen molar-refractivity contribution in [3.05, 3.63) is 84.9 Å². The van der Waals surface area contributed by atoms with E-state index in [0.717, 1.165) is 0 Å². The van der Waals surface area contributed by atoms with Gasteiger partial charge in [0.05, 0.1) is 11.1 Å². The second-order valence-electron chi connectivity index (χ2n) is 4.00. The predicted octanol–water partition coefficient (Wildman–Crippen LogP) is 3.50. The topological polar surface area (TPSA) is 52.6 Å². The molecule has 0 spiro atoms. The quantitative estimate of drug-likeness (QED) is 0.481. The van der Waals surface area contributed by atoms with Crippen molar-refractivity contribution in [1.29, 1.82) is 0 Å². The number of hydrogen-bond acceptors (Lipinski definition) is 4. The highest BCUT2D eigenvalue weighted by atomic mass is 16.6. The highest BCUT2D eigenvalue weighted by Gasteiger charge is 2.08. The highest BCUT2D eigenvalue weighted by Crippen LogP contribution is 2.02. The lowest BCUT2D eigenvalue weighted by molar-refractivity contribution is 0.0265. The van der Waals surface area contributed by atoms with E-state index in [1.54, 1.807) is 48.5 Å². The molecule has 0 unspecified atom stereocenters. The number of benzene rings is 2. The van der Waals surface area contributed by atoms with Crippen LogP contribution in [0.2, 0.25) is 0 Å². The Morgan fingerprint density at radius 1 is 0.682 bits per heavy atom. The minimum atomic E-state index is -0.429. The molecular formula is C18H18O4. The van der Waals surface area contributed by atoms with E-state index in [1.807, 2.05) is 12.1 Å². The summed E-state index contributed by atoms with van der Waals surface area (Å²) in [4.78, 5) is 23.2. The zero-order chi connectivity index (χ0) is 16.2. The van der Waals surface area contributed by atoms with Crippen LogP contribution in [-0.2, 0) is 9.47 Å². The molecule has 0 saturated carbocycles. The number of carbonyl (C=O) groups excluding carboxylic acids is 2. The molecule has 2 aromatic rings. The van der Waals surface area contributed by atoms with E-state index < -0.39 is 11.9 Å². The molecule has 2 aromatic carbocycles. The number of hydrogen-bond donors (Lipinski definition) is 0. The second-order valence-corrected chi connectivity index (χ2v) is 4.00. The summed E-state index contributed by atoms with van der Waals surface area (Å²) in [5, 5.41) is 0. The van der Waals surface area contributed by atoms with Gasteiger partial charge < -0.3 is 9.47 Å². The van der Waals surface area contributed by atoms with Gasteiger partial charge in [-0.05, 0) is 24.3 Å². The minimum absolute atomic E-state index is 0.0340. The predicted molar refractivity (Wildman–Crippen MR) is 84.7 cm³/mol. The molecule has 114 valence electrons. The summed E-state index contributed by atoms with van der Waals surface area (Å²) >= 11 is 0. The number of carbonyl (C=O) groups is 2. The van der Waals surface area contributed by atoms with E-state index in [1.165, 1.54) is 0 Å². The number of rotatable bonds is 5. The van der Waals surface area contributed by atoms with Crippen LogP contribution in [0.3, 0.4) is 0 Å². The molecule has 0 N–H and O–H groups in total. The second kappa shape index (κ2) is 9.94. The lowest BCUT2D eigenvalue weighted by Crippen LogP contribution is -2.14. The molecule has 4 heteroatoms. The van der Waals surface area contributed by atoms with Crippen LogP contribution in [0.25, 0.3) is 0 Å². The summed E-state index contributed by atoms with van der Waals surface area (Å²) in [6.45, 7) is 6.07. The molecule has 0 atom stereocenters. The van der Waals surface area contributed by atoms with Crippen LogP contribution < -0.4 is 0 Å². The van der Waals surface area contributed by atoms with E-state index in [2.05, 4.69) is 13.2 Å². The van der Waals surface area contributed by atoms with Crippen LogP contribution in [0.5, 0.6) is 0 Å². The van der Waals surface area contributed by atoms with Crippen LogP contribution in [0.1, 0.15) is 20.7 Å². The summed E-state index contributed by atoms with van der Waals surface area (Å²) < 4.78 is 10.00. The summed E-state index contributed by atoms with van der Waals surface area (Å²) in [7, 11) is 0. The first-order chi connectivity index (χ1) is 10.8. The molecule has 0 aliphatic carbocycles. The summed E-state index contributed by atoms with van der Waals surface area (Å²) in [5.74, 6) is -0.859. The summed E-state index contributed by atoms with van der Waals surface area (Å²) in [6, 6.07) is 17.3. The Morgan fingerprint density at radius 3 is 1.32 bits per heavy atom. The summed E-state index contributed by atoms with van der Waals surface area (Å²) in [6.07, 6.45) is 0. The third-order valence-electron chi connectivity index (χ3n) is 2.57. The first-order valence-electron chi connectivity index (χ1n) is 6.72. The normalized spacial score (nSPS) is 9.09. The average Bonchev–Trinajstić information content (AvgIpc) is 2.61. The van der Waals surface area contributed by atoms with Crippen LogP contribution in [0.4, 0.5) is 0 Å². The van der Waals surface area contributed by atoms with Crippen molar-refractivity contribution in [2.75, 3.05) is 13.2 Å². The van der Waals surface area contributed by atoms with Gasteiger partial charge in [0.25, 0.3) is 0 Å². The van der Waals surface area contributed by atoms with Crippen molar-refractivity contribution < 1.29 is 19.1 Å². The standard InChI is InChI=1S/C16H14O4.C2H4/c17-15(13-7-3-1-4-8-13)19-11-12-20-16(18)14-9-5-2-6-10-14;1-2/h1-10H,11-12H2;1-2H2. The Hall–Kier alpha value is -2.88. The van der Waals surface area contributed by atoms with E-state index in [4.69, 9.17) is 9.47 Å². The summed E-state index contributed by atoms with van der Waals surface area (Å²) in [5.41, 5.74) is 0.948. The van der Waals surface area contributed by atoms with E-state index in [-0.39, 0.29) is 13.2 Å². The van der Waals surface area contributed by atoms with Gasteiger partial charge in [-0.2, -0.15) is 0 Å². The maximum Gasteiger partial charge on any atom is 0.338 e. The molecule has 0 fully saturated rings. The van der Waals surface area contributed by atoms with Crippen molar-refractivity contribution in [3.63, 3.8) is 0 Å². The largest absolute Gasteiger partial charge is 0.458 e. The molecule has 0 bridgehead atoms. The van der Waals surface area contributed by atoms with Gasteiger partial charge in [0.1, 0.15) is 13.2 Å². The first kappa shape index (κ1) is 17.2. The Morgan fingerprint density at radius 2 is 1.00 bits per heavy atom. The third-order valence-corrected chi connectivity index (χ3v) is 2.57. The lowest BCUT2D eigenvalue weighted by Gasteiger charge is -2.06. The Kier molecular flexibility index (Phi) is 7.76. The van der Waals surface area contributed by atoms with E-state index >= 15 is 0 Å². The highest BCUT2D eigenvalue weighted by molar-refractivity contribution is 5.90. The Balaban J connectivity index is 0.00000116. The smallest absolute Gasteiger partial charge is 0.338 e. The third kappa shape index (κ3) is 5.63. The molecule has 2 rings (SSSR count). The molecule has 4 nitrogen and oxygen atoms in total. The van der Waals surface area contributed by atoms with Gasteiger partial charge in [-0.1, -0.05) is 36.4 Å². The molecule has 0 radical (unpaired) electrons.